The van der Waals surface area contributed by atoms with E-state index in [0.717, 1.165) is 5.39 Å². The number of halogens is 2. The van der Waals surface area contributed by atoms with Crippen molar-refractivity contribution in [1.82, 2.24) is 4.98 Å². The molecular formula is C9H5Cl2NO. The SMILES string of the molecule is Oc1ccc2nc(Cl)c(Cl)cc2c1. The van der Waals surface area contributed by atoms with Gasteiger partial charge in [0, 0.05) is 5.39 Å². The Morgan fingerprint density at radius 2 is 1.92 bits per heavy atom. The molecule has 0 bridgehead atoms. The monoisotopic (exact) mass is 213 g/mol. The minimum atomic E-state index is 0.188. The van der Waals surface area contributed by atoms with Gasteiger partial charge in [0.1, 0.15) is 10.9 Å². The minimum absolute atomic E-state index is 0.188. The Bertz CT molecular complexity index is 470. The number of hydrogen-bond donors (Lipinski definition) is 1. The maximum atomic E-state index is 9.19. The van der Waals surface area contributed by atoms with Gasteiger partial charge in [-0.05, 0) is 24.3 Å². The van der Waals surface area contributed by atoms with E-state index >= 15 is 0 Å². The molecule has 0 atom stereocenters. The van der Waals surface area contributed by atoms with Crippen LogP contribution in [0.1, 0.15) is 0 Å². The lowest BCUT2D eigenvalue weighted by molar-refractivity contribution is 0.476. The summed E-state index contributed by atoms with van der Waals surface area (Å²) in [5, 5.41) is 10.6. The molecule has 0 saturated heterocycles. The van der Waals surface area contributed by atoms with Crippen LogP contribution in [-0.2, 0) is 0 Å². The topological polar surface area (TPSA) is 33.1 Å². The first-order valence-corrected chi connectivity index (χ1v) is 4.37. The summed E-state index contributed by atoms with van der Waals surface area (Å²) in [4.78, 5) is 4.04. The van der Waals surface area contributed by atoms with Crippen LogP contribution in [0.15, 0.2) is 24.3 Å². The number of fused-ring (bicyclic) bond motifs is 1. The highest BCUT2D eigenvalue weighted by Gasteiger charge is 2.02. The molecular weight excluding hydrogens is 209 g/mol. The average molecular weight is 214 g/mol. The van der Waals surface area contributed by atoms with Gasteiger partial charge in [-0.25, -0.2) is 4.98 Å². The van der Waals surface area contributed by atoms with Gasteiger partial charge in [0.2, 0.25) is 0 Å². The molecule has 66 valence electrons. The van der Waals surface area contributed by atoms with Crippen molar-refractivity contribution in [1.29, 1.82) is 0 Å². The van der Waals surface area contributed by atoms with Gasteiger partial charge < -0.3 is 5.11 Å². The van der Waals surface area contributed by atoms with Crippen molar-refractivity contribution in [2.45, 2.75) is 0 Å². The lowest BCUT2D eigenvalue weighted by Gasteiger charge is -2.00. The number of aromatic hydroxyl groups is 1. The van der Waals surface area contributed by atoms with E-state index < -0.39 is 0 Å². The van der Waals surface area contributed by atoms with E-state index in [1.165, 1.54) is 0 Å². The van der Waals surface area contributed by atoms with Gasteiger partial charge in [0.05, 0.1) is 10.5 Å². The molecule has 2 rings (SSSR count). The Hall–Kier alpha value is -0.990. The Balaban J connectivity index is 2.81. The first kappa shape index (κ1) is 8.60. The van der Waals surface area contributed by atoms with Crippen LogP contribution < -0.4 is 0 Å². The fourth-order valence-corrected chi connectivity index (χ4v) is 1.42. The van der Waals surface area contributed by atoms with E-state index in [0.29, 0.717) is 10.5 Å². The molecule has 0 aliphatic carbocycles. The van der Waals surface area contributed by atoms with Crippen molar-refractivity contribution in [2.75, 3.05) is 0 Å². The Labute approximate surface area is 84.7 Å². The quantitative estimate of drug-likeness (QED) is 0.682. The third-order valence-electron chi connectivity index (χ3n) is 1.71. The van der Waals surface area contributed by atoms with Crippen LogP contribution in [0.25, 0.3) is 10.9 Å². The molecule has 2 aromatic rings. The highest BCUT2D eigenvalue weighted by atomic mass is 35.5. The first-order chi connectivity index (χ1) is 6.16. The minimum Gasteiger partial charge on any atom is -0.508 e. The van der Waals surface area contributed by atoms with Crippen LogP contribution >= 0.6 is 23.2 Å². The number of phenols is 1. The van der Waals surface area contributed by atoms with Crippen molar-refractivity contribution in [3.05, 3.63) is 34.4 Å². The number of phenolic OH excluding ortho intramolecular Hbond substituents is 1. The highest BCUT2D eigenvalue weighted by Crippen LogP contribution is 2.26. The predicted molar refractivity (Wildman–Crippen MR) is 53.4 cm³/mol. The number of aromatic nitrogens is 1. The Kier molecular flexibility index (Phi) is 2.02. The molecule has 1 aromatic carbocycles. The van der Waals surface area contributed by atoms with Crippen LogP contribution in [0.3, 0.4) is 0 Å². The molecule has 1 N–H and O–H groups in total. The normalized spacial score (nSPS) is 10.6. The largest absolute Gasteiger partial charge is 0.508 e. The van der Waals surface area contributed by atoms with Gasteiger partial charge in [-0.15, -0.1) is 0 Å². The molecule has 0 saturated carbocycles. The summed E-state index contributed by atoms with van der Waals surface area (Å²) in [7, 11) is 0. The zero-order chi connectivity index (χ0) is 9.42. The lowest BCUT2D eigenvalue weighted by atomic mass is 10.2. The summed E-state index contributed by atoms with van der Waals surface area (Å²) in [6.45, 7) is 0. The molecule has 2 nitrogen and oxygen atoms in total. The summed E-state index contributed by atoms with van der Waals surface area (Å²) in [6.07, 6.45) is 0. The zero-order valence-electron chi connectivity index (χ0n) is 6.46. The number of hydrogen-bond acceptors (Lipinski definition) is 2. The van der Waals surface area contributed by atoms with Crippen molar-refractivity contribution < 1.29 is 5.11 Å². The van der Waals surface area contributed by atoms with Gasteiger partial charge in [-0.1, -0.05) is 23.2 Å². The van der Waals surface area contributed by atoms with Crippen LogP contribution in [0.4, 0.5) is 0 Å². The second kappa shape index (κ2) is 3.05. The van der Waals surface area contributed by atoms with Crippen LogP contribution in [-0.4, -0.2) is 10.1 Å². The van der Waals surface area contributed by atoms with E-state index in [1.54, 1.807) is 24.3 Å². The van der Waals surface area contributed by atoms with Crippen molar-refractivity contribution >= 4 is 34.1 Å². The van der Waals surface area contributed by atoms with Gasteiger partial charge >= 0.3 is 0 Å². The predicted octanol–water partition coefficient (Wildman–Crippen LogP) is 3.25. The van der Waals surface area contributed by atoms with Crippen molar-refractivity contribution in [2.24, 2.45) is 0 Å². The van der Waals surface area contributed by atoms with Gasteiger partial charge in [0.25, 0.3) is 0 Å². The van der Waals surface area contributed by atoms with Crippen molar-refractivity contribution in [3.8, 4) is 5.75 Å². The zero-order valence-corrected chi connectivity index (χ0v) is 7.97. The average Bonchev–Trinajstić information content (AvgIpc) is 2.08. The molecule has 13 heavy (non-hydrogen) atoms. The number of nitrogens with zero attached hydrogens (tertiary/aromatic N) is 1. The highest BCUT2D eigenvalue weighted by molar-refractivity contribution is 6.41. The fraction of sp³-hybridized carbons (Fsp3) is 0. The van der Waals surface area contributed by atoms with Crippen molar-refractivity contribution in [3.63, 3.8) is 0 Å². The van der Waals surface area contributed by atoms with E-state index in [4.69, 9.17) is 23.2 Å². The second-order valence-corrected chi connectivity index (χ2v) is 3.40. The standard InChI is InChI=1S/C9H5Cl2NO/c10-7-4-5-3-6(13)1-2-8(5)12-9(7)11/h1-4,13H. The molecule has 1 aromatic heterocycles. The molecule has 0 radical (unpaired) electrons. The molecule has 0 fully saturated rings. The summed E-state index contributed by atoms with van der Waals surface area (Å²) >= 11 is 11.5. The van der Waals surface area contributed by atoms with Gasteiger partial charge in [0.15, 0.2) is 0 Å². The summed E-state index contributed by atoms with van der Waals surface area (Å²) < 4.78 is 0. The summed E-state index contributed by atoms with van der Waals surface area (Å²) in [5.74, 6) is 0.188. The third kappa shape index (κ3) is 1.55. The van der Waals surface area contributed by atoms with Crippen LogP contribution in [0.5, 0.6) is 5.75 Å². The molecule has 0 unspecified atom stereocenters. The molecule has 4 heteroatoms. The van der Waals surface area contributed by atoms with E-state index in [2.05, 4.69) is 4.98 Å². The Morgan fingerprint density at radius 3 is 2.69 bits per heavy atom. The molecule has 0 aliphatic rings. The Morgan fingerprint density at radius 1 is 1.15 bits per heavy atom. The summed E-state index contributed by atoms with van der Waals surface area (Å²) in [6, 6.07) is 6.50. The second-order valence-electron chi connectivity index (χ2n) is 2.64. The maximum Gasteiger partial charge on any atom is 0.148 e. The maximum absolute atomic E-state index is 9.19. The van der Waals surface area contributed by atoms with E-state index in [-0.39, 0.29) is 10.9 Å². The van der Waals surface area contributed by atoms with E-state index in [9.17, 15) is 5.11 Å². The molecule has 0 amide bonds. The van der Waals surface area contributed by atoms with Gasteiger partial charge in [-0.3, -0.25) is 0 Å². The van der Waals surface area contributed by atoms with E-state index in [1.807, 2.05) is 0 Å². The number of rotatable bonds is 0. The summed E-state index contributed by atoms with van der Waals surface area (Å²) in [5.41, 5.74) is 0.715. The first-order valence-electron chi connectivity index (χ1n) is 3.61. The number of benzene rings is 1. The third-order valence-corrected chi connectivity index (χ3v) is 2.38. The van der Waals surface area contributed by atoms with Gasteiger partial charge in [-0.2, -0.15) is 0 Å². The van der Waals surface area contributed by atoms with Crippen LogP contribution in [0, 0.1) is 0 Å². The fourth-order valence-electron chi connectivity index (χ4n) is 1.11. The molecule has 0 spiro atoms. The smallest absolute Gasteiger partial charge is 0.148 e. The molecule has 1 heterocycles. The van der Waals surface area contributed by atoms with Crippen LogP contribution in [0.2, 0.25) is 10.2 Å². The molecule has 0 aliphatic heterocycles. The number of pyridine rings is 1. The lowest BCUT2D eigenvalue weighted by Crippen LogP contribution is -1.80.